The zero-order valence-corrected chi connectivity index (χ0v) is 10.9. The van der Waals surface area contributed by atoms with Crippen LogP contribution >= 0.6 is 0 Å². The van der Waals surface area contributed by atoms with E-state index in [2.05, 4.69) is 17.6 Å². The van der Waals surface area contributed by atoms with Crippen LogP contribution < -0.4 is 5.73 Å². The normalized spacial score (nSPS) is 17.2. The highest BCUT2D eigenvalue weighted by Gasteiger charge is 2.21. The number of nitrogens with two attached hydrogens (primary N) is 1. The first kappa shape index (κ1) is 11.6. The highest BCUT2D eigenvalue weighted by molar-refractivity contribution is 5.35. The minimum atomic E-state index is -0.131. The third kappa shape index (κ3) is 1.89. The fourth-order valence-electron chi connectivity index (χ4n) is 2.98. The van der Waals surface area contributed by atoms with Gasteiger partial charge in [0.15, 0.2) is 0 Å². The molecule has 3 rings (SSSR count). The Morgan fingerprint density at radius 3 is 3.00 bits per heavy atom. The Morgan fingerprint density at radius 1 is 1.33 bits per heavy atom. The van der Waals surface area contributed by atoms with Gasteiger partial charge in [0.05, 0.1) is 12.3 Å². The second-order valence-electron chi connectivity index (χ2n) is 5.14. The van der Waals surface area contributed by atoms with Crippen LogP contribution in [0.25, 0.3) is 0 Å². The van der Waals surface area contributed by atoms with E-state index in [1.807, 2.05) is 12.1 Å². The lowest BCUT2D eigenvalue weighted by molar-refractivity contribution is 0.488. The van der Waals surface area contributed by atoms with Gasteiger partial charge >= 0.3 is 0 Å². The predicted octanol–water partition coefficient (Wildman–Crippen LogP) is 3.16. The Balaban J connectivity index is 2.02. The summed E-state index contributed by atoms with van der Waals surface area (Å²) in [6, 6.07) is 5.96. The Kier molecular flexibility index (Phi) is 3.00. The molecule has 1 atom stereocenters. The van der Waals surface area contributed by atoms with Crippen LogP contribution in [0.3, 0.4) is 0 Å². The maximum Gasteiger partial charge on any atom is 0.125 e. The zero-order chi connectivity index (χ0) is 12.5. The van der Waals surface area contributed by atoms with Crippen molar-refractivity contribution in [1.82, 2.24) is 4.57 Å². The molecule has 2 aromatic rings. The summed E-state index contributed by atoms with van der Waals surface area (Å²) < 4.78 is 7.88. The van der Waals surface area contributed by atoms with E-state index >= 15 is 0 Å². The van der Waals surface area contributed by atoms with Crippen molar-refractivity contribution in [3.8, 4) is 0 Å². The Labute approximate surface area is 108 Å². The van der Waals surface area contributed by atoms with Gasteiger partial charge in [0.1, 0.15) is 5.76 Å². The van der Waals surface area contributed by atoms with Gasteiger partial charge in [-0.3, -0.25) is 0 Å². The molecule has 2 aromatic heterocycles. The minimum Gasteiger partial charge on any atom is -0.467 e. The van der Waals surface area contributed by atoms with Crippen molar-refractivity contribution in [2.75, 3.05) is 0 Å². The van der Waals surface area contributed by atoms with E-state index in [1.54, 1.807) is 6.26 Å². The van der Waals surface area contributed by atoms with Gasteiger partial charge in [-0.05, 0) is 49.9 Å². The van der Waals surface area contributed by atoms with Crippen LogP contribution in [0.4, 0.5) is 0 Å². The summed E-state index contributed by atoms with van der Waals surface area (Å²) in [5.74, 6) is 0.854. The summed E-state index contributed by atoms with van der Waals surface area (Å²) in [6.07, 6.45) is 6.68. The van der Waals surface area contributed by atoms with E-state index < -0.39 is 0 Å². The highest BCUT2D eigenvalue weighted by Crippen LogP contribution is 2.29. The molecule has 0 saturated heterocycles. The largest absolute Gasteiger partial charge is 0.467 e. The average molecular weight is 244 g/mol. The Morgan fingerprint density at radius 2 is 2.22 bits per heavy atom. The first-order valence-corrected chi connectivity index (χ1v) is 6.75. The molecule has 3 heteroatoms. The van der Waals surface area contributed by atoms with Gasteiger partial charge in [-0.2, -0.15) is 0 Å². The van der Waals surface area contributed by atoms with Gasteiger partial charge in [0.25, 0.3) is 0 Å². The molecule has 2 N–H and O–H groups in total. The summed E-state index contributed by atoms with van der Waals surface area (Å²) >= 11 is 0. The molecule has 1 unspecified atom stereocenters. The number of aromatic nitrogens is 1. The Bertz CT molecular complexity index is 525. The summed E-state index contributed by atoms with van der Waals surface area (Å²) in [5.41, 5.74) is 10.3. The molecule has 0 aromatic carbocycles. The molecular weight excluding hydrogens is 224 g/mol. The quantitative estimate of drug-likeness (QED) is 0.881. The smallest absolute Gasteiger partial charge is 0.125 e. The maximum atomic E-state index is 6.34. The third-order valence-electron chi connectivity index (χ3n) is 3.93. The van der Waals surface area contributed by atoms with Crippen LogP contribution in [0.15, 0.2) is 28.9 Å². The first-order chi connectivity index (χ1) is 8.77. The number of fused-ring (bicyclic) bond motifs is 1. The molecular formula is C15H20N2O. The molecule has 96 valence electrons. The molecule has 0 spiro atoms. The fourth-order valence-corrected chi connectivity index (χ4v) is 2.98. The van der Waals surface area contributed by atoms with Gasteiger partial charge in [0.2, 0.25) is 0 Å². The molecule has 3 heterocycles. The van der Waals surface area contributed by atoms with E-state index in [4.69, 9.17) is 10.2 Å². The minimum absolute atomic E-state index is 0.131. The molecule has 18 heavy (non-hydrogen) atoms. The standard InChI is InChI=1S/C15H20N2O/c1-11-10-12(15(16)14-7-5-9-18-14)13-6-3-2-4-8-17(11)13/h5,7,9-10,15H,2-4,6,8,16H2,1H3. The van der Waals surface area contributed by atoms with E-state index in [0.29, 0.717) is 0 Å². The third-order valence-corrected chi connectivity index (χ3v) is 3.93. The lowest BCUT2D eigenvalue weighted by Crippen LogP contribution is -2.13. The highest BCUT2D eigenvalue weighted by atomic mass is 16.3. The van der Waals surface area contributed by atoms with Crippen LogP contribution in [0, 0.1) is 6.92 Å². The van der Waals surface area contributed by atoms with Gasteiger partial charge in [-0.25, -0.2) is 0 Å². The topological polar surface area (TPSA) is 44.1 Å². The van der Waals surface area contributed by atoms with Crippen LogP contribution in [0.2, 0.25) is 0 Å². The molecule has 0 fully saturated rings. The van der Waals surface area contributed by atoms with Gasteiger partial charge in [-0.15, -0.1) is 0 Å². The summed E-state index contributed by atoms with van der Waals surface area (Å²) in [5, 5.41) is 0. The average Bonchev–Trinajstić information content (AvgIpc) is 2.92. The van der Waals surface area contributed by atoms with E-state index in [0.717, 1.165) is 18.7 Å². The molecule has 0 aliphatic carbocycles. The number of rotatable bonds is 2. The molecule has 1 aliphatic heterocycles. The SMILES string of the molecule is Cc1cc(C(N)c2ccco2)c2n1CCCCC2. The van der Waals surface area contributed by atoms with Crippen molar-refractivity contribution in [2.24, 2.45) is 5.73 Å². The predicted molar refractivity (Wildman–Crippen MR) is 71.5 cm³/mol. The van der Waals surface area contributed by atoms with Crippen molar-refractivity contribution < 1.29 is 4.42 Å². The van der Waals surface area contributed by atoms with Crippen molar-refractivity contribution in [2.45, 2.75) is 45.2 Å². The second-order valence-corrected chi connectivity index (χ2v) is 5.14. The number of aryl methyl sites for hydroxylation is 1. The molecule has 0 bridgehead atoms. The molecule has 0 saturated carbocycles. The van der Waals surface area contributed by atoms with E-state index in [1.165, 1.54) is 36.2 Å². The van der Waals surface area contributed by atoms with Crippen molar-refractivity contribution in [3.05, 3.63) is 47.2 Å². The number of furan rings is 1. The second kappa shape index (κ2) is 4.65. The van der Waals surface area contributed by atoms with Gasteiger partial charge in [0, 0.05) is 17.9 Å². The summed E-state index contributed by atoms with van der Waals surface area (Å²) in [6.45, 7) is 3.30. The van der Waals surface area contributed by atoms with Gasteiger partial charge in [-0.1, -0.05) is 6.42 Å². The first-order valence-electron chi connectivity index (χ1n) is 6.75. The van der Waals surface area contributed by atoms with E-state index in [9.17, 15) is 0 Å². The number of nitrogens with zero attached hydrogens (tertiary/aromatic N) is 1. The fraction of sp³-hybridized carbons (Fsp3) is 0.467. The van der Waals surface area contributed by atoms with Crippen molar-refractivity contribution in [3.63, 3.8) is 0 Å². The molecule has 0 amide bonds. The monoisotopic (exact) mass is 244 g/mol. The van der Waals surface area contributed by atoms with Crippen LogP contribution in [-0.4, -0.2) is 4.57 Å². The van der Waals surface area contributed by atoms with Crippen molar-refractivity contribution in [1.29, 1.82) is 0 Å². The Hall–Kier alpha value is -1.48. The van der Waals surface area contributed by atoms with Crippen molar-refractivity contribution >= 4 is 0 Å². The number of hydrogen-bond acceptors (Lipinski definition) is 2. The zero-order valence-electron chi connectivity index (χ0n) is 10.9. The molecule has 3 nitrogen and oxygen atoms in total. The summed E-state index contributed by atoms with van der Waals surface area (Å²) in [7, 11) is 0. The lowest BCUT2D eigenvalue weighted by Gasteiger charge is -2.12. The maximum absolute atomic E-state index is 6.34. The molecule has 0 radical (unpaired) electrons. The van der Waals surface area contributed by atoms with Crippen LogP contribution in [0.5, 0.6) is 0 Å². The van der Waals surface area contributed by atoms with Crippen LogP contribution in [0.1, 0.15) is 48.0 Å². The van der Waals surface area contributed by atoms with Crippen LogP contribution in [-0.2, 0) is 13.0 Å². The van der Waals surface area contributed by atoms with Gasteiger partial charge < -0.3 is 14.7 Å². The summed E-state index contributed by atoms with van der Waals surface area (Å²) in [4.78, 5) is 0. The van der Waals surface area contributed by atoms with E-state index in [-0.39, 0.29) is 6.04 Å². The molecule has 1 aliphatic rings. The lowest BCUT2D eigenvalue weighted by atomic mass is 10.0. The number of hydrogen-bond donors (Lipinski definition) is 1.